The van der Waals surface area contributed by atoms with Crippen molar-refractivity contribution in [3.05, 3.63) is 12.0 Å². The molecule has 1 heterocycles. The van der Waals surface area contributed by atoms with Gasteiger partial charge < -0.3 is 10.7 Å². The molecule has 18 heavy (non-hydrogen) atoms. The van der Waals surface area contributed by atoms with E-state index in [4.69, 9.17) is 5.73 Å². The van der Waals surface area contributed by atoms with Gasteiger partial charge in [-0.2, -0.15) is 0 Å². The molecular formula is C11H20N4O2S. The lowest BCUT2D eigenvalue weighted by atomic mass is 10.0. The number of nitrogens with zero attached hydrogens (tertiary/aromatic N) is 1. The van der Waals surface area contributed by atoms with Gasteiger partial charge in [0.1, 0.15) is 5.82 Å². The number of imidazole rings is 1. The van der Waals surface area contributed by atoms with Crippen molar-refractivity contribution in [1.82, 2.24) is 14.7 Å². The summed E-state index contributed by atoms with van der Waals surface area (Å²) in [4.78, 5) is 6.83. The highest BCUT2D eigenvalue weighted by atomic mass is 32.2. The average Bonchev–Trinajstić information content (AvgIpc) is 2.97. The molecule has 102 valence electrons. The summed E-state index contributed by atoms with van der Waals surface area (Å²) in [6, 6.07) is 0. The van der Waals surface area contributed by atoms with Crippen molar-refractivity contribution in [2.45, 2.75) is 49.6 Å². The average molecular weight is 272 g/mol. The second-order valence-electron chi connectivity index (χ2n) is 4.84. The van der Waals surface area contributed by atoms with E-state index in [-0.39, 0.29) is 5.03 Å². The number of nitrogens with two attached hydrogens (primary N) is 1. The molecule has 0 unspecified atom stereocenters. The smallest absolute Gasteiger partial charge is 0.258 e. The Kier molecular flexibility index (Phi) is 3.74. The van der Waals surface area contributed by atoms with Gasteiger partial charge in [-0.25, -0.2) is 18.1 Å². The van der Waals surface area contributed by atoms with Crippen LogP contribution in [0.5, 0.6) is 0 Å². The molecule has 0 bridgehead atoms. The minimum atomic E-state index is -3.55. The zero-order valence-electron chi connectivity index (χ0n) is 10.6. The van der Waals surface area contributed by atoms with Crippen LogP contribution in [0, 0.1) is 0 Å². The Hall–Kier alpha value is -0.920. The number of nitrogens with one attached hydrogen (secondary N) is 2. The first-order valence-electron chi connectivity index (χ1n) is 6.29. The van der Waals surface area contributed by atoms with Crippen LogP contribution in [0.1, 0.15) is 38.4 Å². The van der Waals surface area contributed by atoms with E-state index >= 15 is 0 Å². The van der Waals surface area contributed by atoms with Gasteiger partial charge in [0.15, 0.2) is 5.03 Å². The summed E-state index contributed by atoms with van der Waals surface area (Å²) >= 11 is 0. The maximum atomic E-state index is 12.2. The van der Waals surface area contributed by atoms with E-state index in [0.29, 0.717) is 18.8 Å². The van der Waals surface area contributed by atoms with Crippen molar-refractivity contribution in [1.29, 1.82) is 0 Å². The number of H-pyrrole nitrogens is 1. The Labute approximate surface area is 107 Å². The summed E-state index contributed by atoms with van der Waals surface area (Å²) in [5.74, 6) is 0.670. The lowest BCUT2D eigenvalue weighted by Gasteiger charge is -2.27. The van der Waals surface area contributed by atoms with E-state index < -0.39 is 15.6 Å². The second-order valence-corrected chi connectivity index (χ2v) is 6.50. The standard InChI is InChI=1S/C11H20N4O2S/c1-2-9-13-7-10(14-9)18(16,17)15-11(8-12)5-3-4-6-11/h7,15H,2-6,8,12H2,1H3,(H,13,14). The number of hydrogen-bond donors (Lipinski definition) is 3. The van der Waals surface area contributed by atoms with Gasteiger partial charge in [0.05, 0.1) is 6.20 Å². The van der Waals surface area contributed by atoms with E-state index in [2.05, 4.69) is 14.7 Å². The van der Waals surface area contributed by atoms with Crippen molar-refractivity contribution in [2.75, 3.05) is 6.54 Å². The van der Waals surface area contributed by atoms with Crippen LogP contribution in [0.25, 0.3) is 0 Å². The summed E-state index contributed by atoms with van der Waals surface area (Å²) in [7, 11) is -3.55. The third-order valence-electron chi connectivity index (χ3n) is 3.53. The van der Waals surface area contributed by atoms with E-state index in [1.165, 1.54) is 6.20 Å². The number of rotatable bonds is 5. The third-order valence-corrected chi connectivity index (χ3v) is 5.02. The Morgan fingerprint density at radius 3 is 2.67 bits per heavy atom. The molecule has 4 N–H and O–H groups in total. The predicted molar refractivity (Wildman–Crippen MR) is 68.5 cm³/mol. The largest absolute Gasteiger partial charge is 0.332 e. The second kappa shape index (κ2) is 4.99. The molecule has 1 aliphatic carbocycles. The summed E-state index contributed by atoms with van der Waals surface area (Å²) < 4.78 is 27.2. The summed E-state index contributed by atoms with van der Waals surface area (Å²) in [5, 5.41) is 0.124. The monoisotopic (exact) mass is 272 g/mol. The lowest BCUT2D eigenvalue weighted by molar-refractivity contribution is 0.399. The van der Waals surface area contributed by atoms with Crippen LogP contribution in [0.2, 0.25) is 0 Å². The first-order chi connectivity index (χ1) is 8.51. The molecule has 1 fully saturated rings. The maximum absolute atomic E-state index is 12.2. The fourth-order valence-corrected chi connectivity index (χ4v) is 3.81. The Bertz CT molecular complexity index is 503. The molecule has 0 spiro atoms. The molecule has 1 saturated carbocycles. The van der Waals surface area contributed by atoms with Crippen molar-refractivity contribution in [3.8, 4) is 0 Å². The van der Waals surface area contributed by atoms with Crippen LogP contribution in [-0.4, -0.2) is 30.5 Å². The van der Waals surface area contributed by atoms with Crippen LogP contribution in [0.3, 0.4) is 0 Å². The fourth-order valence-electron chi connectivity index (χ4n) is 2.40. The quantitative estimate of drug-likeness (QED) is 0.727. The third kappa shape index (κ3) is 2.57. The van der Waals surface area contributed by atoms with Crippen LogP contribution in [-0.2, 0) is 16.4 Å². The molecule has 1 aliphatic rings. The normalized spacial score (nSPS) is 19.2. The van der Waals surface area contributed by atoms with E-state index in [9.17, 15) is 8.42 Å². The molecule has 2 rings (SSSR count). The lowest BCUT2D eigenvalue weighted by Crippen LogP contribution is -2.51. The molecule has 0 atom stereocenters. The zero-order chi connectivity index (χ0) is 13.2. The minimum Gasteiger partial charge on any atom is -0.332 e. The summed E-state index contributed by atoms with van der Waals surface area (Å²) in [5.41, 5.74) is 5.26. The predicted octanol–water partition coefficient (Wildman–Crippen LogP) is 0.522. The topological polar surface area (TPSA) is 101 Å². The van der Waals surface area contributed by atoms with Gasteiger partial charge in [0, 0.05) is 18.5 Å². The molecule has 0 amide bonds. The molecular weight excluding hydrogens is 252 g/mol. The highest BCUT2D eigenvalue weighted by molar-refractivity contribution is 7.89. The van der Waals surface area contributed by atoms with Crippen LogP contribution >= 0.6 is 0 Å². The Morgan fingerprint density at radius 1 is 1.50 bits per heavy atom. The first kappa shape index (κ1) is 13.5. The van der Waals surface area contributed by atoms with Gasteiger partial charge in [-0.1, -0.05) is 19.8 Å². The van der Waals surface area contributed by atoms with Gasteiger partial charge >= 0.3 is 0 Å². The SMILES string of the molecule is CCc1ncc(S(=O)(=O)NC2(CN)CCCC2)[nH]1. The van der Waals surface area contributed by atoms with Crippen molar-refractivity contribution in [2.24, 2.45) is 5.73 Å². The zero-order valence-corrected chi connectivity index (χ0v) is 11.4. The van der Waals surface area contributed by atoms with Crippen molar-refractivity contribution >= 4 is 10.0 Å². The molecule has 0 radical (unpaired) electrons. The highest BCUT2D eigenvalue weighted by Crippen LogP contribution is 2.30. The van der Waals surface area contributed by atoms with Crippen LogP contribution < -0.4 is 10.5 Å². The molecule has 6 nitrogen and oxygen atoms in total. The highest BCUT2D eigenvalue weighted by Gasteiger charge is 2.37. The Balaban J connectivity index is 2.21. The van der Waals surface area contributed by atoms with Crippen molar-refractivity contribution in [3.63, 3.8) is 0 Å². The molecule has 0 saturated heterocycles. The van der Waals surface area contributed by atoms with E-state index in [0.717, 1.165) is 25.7 Å². The number of aromatic nitrogens is 2. The van der Waals surface area contributed by atoms with Crippen molar-refractivity contribution < 1.29 is 8.42 Å². The molecule has 1 aromatic heterocycles. The fraction of sp³-hybridized carbons (Fsp3) is 0.727. The van der Waals surface area contributed by atoms with E-state index in [1.54, 1.807) is 0 Å². The number of hydrogen-bond acceptors (Lipinski definition) is 4. The van der Waals surface area contributed by atoms with Crippen LogP contribution in [0.15, 0.2) is 11.2 Å². The van der Waals surface area contributed by atoms with Gasteiger partial charge in [-0.05, 0) is 12.8 Å². The Morgan fingerprint density at radius 2 is 2.17 bits per heavy atom. The molecule has 0 aliphatic heterocycles. The molecule has 7 heteroatoms. The number of aromatic amines is 1. The molecule has 1 aromatic rings. The van der Waals surface area contributed by atoms with Gasteiger partial charge in [0.2, 0.25) is 0 Å². The van der Waals surface area contributed by atoms with Crippen LogP contribution in [0.4, 0.5) is 0 Å². The van der Waals surface area contributed by atoms with Gasteiger partial charge in [-0.15, -0.1) is 0 Å². The maximum Gasteiger partial charge on any atom is 0.258 e. The summed E-state index contributed by atoms with van der Waals surface area (Å²) in [6.07, 6.45) is 5.68. The van der Waals surface area contributed by atoms with Gasteiger partial charge in [-0.3, -0.25) is 0 Å². The number of aryl methyl sites for hydroxylation is 1. The molecule has 0 aromatic carbocycles. The van der Waals surface area contributed by atoms with Gasteiger partial charge in [0.25, 0.3) is 10.0 Å². The minimum absolute atomic E-state index is 0.124. The van der Waals surface area contributed by atoms with E-state index in [1.807, 2.05) is 6.92 Å². The summed E-state index contributed by atoms with van der Waals surface area (Å²) in [6.45, 7) is 2.25. The first-order valence-corrected chi connectivity index (χ1v) is 7.77. The number of sulfonamides is 1.